The second-order valence-electron chi connectivity index (χ2n) is 6.14. The molecule has 0 saturated carbocycles. The van der Waals surface area contributed by atoms with Gasteiger partial charge in [-0.1, -0.05) is 23.1 Å². The summed E-state index contributed by atoms with van der Waals surface area (Å²) in [5.41, 5.74) is 1.38. The maximum atomic E-state index is 13.3. The van der Waals surface area contributed by atoms with E-state index in [1.54, 1.807) is 6.07 Å². The zero-order valence-electron chi connectivity index (χ0n) is 14.6. The summed E-state index contributed by atoms with van der Waals surface area (Å²) >= 11 is 2.46. The van der Waals surface area contributed by atoms with Gasteiger partial charge in [-0.25, -0.2) is 18.7 Å². The van der Waals surface area contributed by atoms with Crippen LogP contribution in [0.1, 0.15) is 0 Å². The fourth-order valence-corrected chi connectivity index (χ4v) is 4.43. The van der Waals surface area contributed by atoms with Gasteiger partial charge in [-0.05, 0) is 0 Å². The van der Waals surface area contributed by atoms with Gasteiger partial charge < -0.3 is 19.8 Å². The molecule has 1 amide bonds. The Morgan fingerprint density at radius 2 is 1.86 bits per heavy atom. The van der Waals surface area contributed by atoms with E-state index in [2.05, 4.69) is 20.3 Å². The third-order valence-electron chi connectivity index (χ3n) is 4.14. The van der Waals surface area contributed by atoms with Gasteiger partial charge in [0.15, 0.2) is 33.4 Å². The van der Waals surface area contributed by atoms with Crippen LogP contribution in [-0.4, -0.2) is 39.8 Å². The van der Waals surface area contributed by atoms with Gasteiger partial charge in [0, 0.05) is 24.3 Å². The van der Waals surface area contributed by atoms with Crippen LogP contribution >= 0.6 is 23.1 Å². The van der Waals surface area contributed by atoms with Crippen molar-refractivity contribution in [3.05, 3.63) is 35.9 Å². The Morgan fingerprint density at radius 1 is 1.10 bits per heavy atom. The molecule has 0 bridgehead atoms. The minimum absolute atomic E-state index is 0.0590. The predicted octanol–water partition coefficient (Wildman–Crippen LogP) is 3.95. The molecule has 0 atom stereocenters. The molecule has 148 valence electrons. The molecule has 0 saturated heterocycles. The molecule has 0 unspecified atom stereocenters. The number of nitrogens with one attached hydrogen (secondary N) is 2. The van der Waals surface area contributed by atoms with Crippen LogP contribution in [-0.2, 0) is 4.79 Å². The second-order valence-corrected chi connectivity index (χ2v) is 8.14. The quantitative estimate of drug-likeness (QED) is 0.473. The average Bonchev–Trinajstić information content (AvgIpc) is 3.27. The SMILES string of the molecule is O=C(CSc1nc2cc(F)c(F)cc2[nH]1)Nc1nc2cc3c(cc2s1)OCCO3. The highest BCUT2D eigenvalue weighted by molar-refractivity contribution is 7.99. The standard InChI is InChI=1S/C18H12F2N4O3S2/c19-8-3-10-11(4-9(8)20)22-17(21-10)28-7-16(25)24-18-23-12-5-13-14(6-15(12)29-18)27-2-1-26-13/h3-6H,1-2,7H2,(H,21,22)(H,23,24,25). The van der Waals surface area contributed by atoms with Crippen molar-refractivity contribution in [1.29, 1.82) is 0 Å². The number of anilines is 1. The number of H-pyrrole nitrogens is 1. The van der Waals surface area contributed by atoms with Gasteiger partial charge in [-0.3, -0.25) is 4.79 Å². The van der Waals surface area contributed by atoms with E-state index in [1.807, 2.05) is 6.07 Å². The number of benzene rings is 2. The first kappa shape index (κ1) is 18.1. The highest BCUT2D eigenvalue weighted by atomic mass is 32.2. The zero-order valence-corrected chi connectivity index (χ0v) is 16.3. The Hall–Kier alpha value is -2.92. The summed E-state index contributed by atoms with van der Waals surface area (Å²) in [5.74, 6) is -0.831. The first-order valence-corrected chi connectivity index (χ1v) is 10.3. The van der Waals surface area contributed by atoms with E-state index in [0.29, 0.717) is 51.6 Å². The lowest BCUT2D eigenvalue weighted by Gasteiger charge is -2.17. The van der Waals surface area contributed by atoms with E-state index < -0.39 is 11.6 Å². The fourth-order valence-electron chi connectivity index (χ4n) is 2.86. The Labute approximate surface area is 170 Å². The van der Waals surface area contributed by atoms with Gasteiger partial charge in [0.1, 0.15) is 13.2 Å². The predicted molar refractivity (Wildman–Crippen MR) is 106 cm³/mol. The van der Waals surface area contributed by atoms with Crippen LogP contribution in [0.3, 0.4) is 0 Å². The molecule has 11 heteroatoms. The minimum Gasteiger partial charge on any atom is -0.486 e. The topological polar surface area (TPSA) is 89.1 Å². The number of ether oxygens (including phenoxy) is 2. The van der Waals surface area contributed by atoms with Crippen molar-refractivity contribution in [3.63, 3.8) is 0 Å². The fraction of sp³-hybridized carbons (Fsp3) is 0.167. The molecule has 7 nitrogen and oxygen atoms in total. The number of halogens is 2. The van der Waals surface area contributed by atoms with E-state index in [4.69, 9.17) is 9.47 Å². The number of aromatic amines is 1. The molecule has 2 aromatic carbocycles. The molecule has 5 rings (SSSR count). The Balaban J connectivity index is 1.27. The summed E-state index contributed by atoms with van der Waals surface area (Å²) < 4.78 is 38.5. The van der Waals surface area contributed by atoms with Crippen molar-refractivity contribution in [3.8, 4) is 11.5 Å². The Bertz CT molecular complexity index is 1180. The third kappa shape index (κ3) is 3.58. The third-order valence-corrected chi connectivity index (χ3v) is 5.95. The summed E-state index contributed by atoms with van der Waals surface area (Å²) in [7, 11) is 0. The first-order chi connectivity index (χ1) is 14.0. The minimum atomic E-state index is -0.966. The summed E-state index contributed by atoms with van der Waals surface area (Å²) in [6.07, 6.45) is 0. The molecule has 1 aliphatic heterocycles. The van der Waals surface area contributed by atoms with Crippen molar-refractivity contribution in [2.75, 3.05) is 24.3 Å². The van der Waals surface area contributed by atoms with E-state index >= 15 is 0 Å². The van der Waals surface area contributed by atoms with Crippen LogP contribution in [0.25, 0.3) is 21.3 Å². The first-order valence-electron chi connectivity index (χ1n) is 8.53. The maximum Gasteiger partial charge on any atom is 0.236 e. The van der Waals surface area contributed by atoms with E-state index in [0.717, 1.165) is 28.6 Å². The maximum absolute atomic E-state index is 13.3. The van der Waals surface area contributed by atoms with Crippen LogP contribution in [0.4, 0.5) is 13.9 Å². The number of thioether (sulfide) groups is 1. The number of aromatic nitrogens is 3. The highest BCUT2D eigenvalue weighted by Crippen LogP contribution is 2.37. The van der Waals surface area contributed by atoms with Crippen molar-refractivity contribution in [1.82, 2.24) is 15.0 Å². The van der Waals surface area contributed by atoms with E-state index in [1.165, 1.54) is 11.3 Å². The number of imidazole rings is 1. The number of nitrogens with zero attached hydrogens (tertiary/aromatic N) is 2. The lowest BCUT2D eigenvalue weighted by atomic mass is 10.3. The molecular weight excluding hydrogens is 422 g/mol. The van der Waals surface area contributed by atoms with Crippen molar-refractivity contribution in [2.45, 2.75) is 5.16 Å². The van der Waals surface area contributed by atoms with Crippen LogP contribution in [0.2, 0.25) is 0 Å². The number of fused-ring (bicyclic) bond motifs is 3. The zero-order chi connectivity index (χ0) is 20.0. The number of carbonyl (C=O) groups excluding carboxylic acids is 1. The van der Waals surface area contributed by atoms with Gasteiger partial charge >= 0.3 is 0 Å². The van der Waals surface area contributed by atoms with E-state index in [9.17, 15) is 13.6 Å². The molecule has 0 radical (unpaired) electrons. The number of hydrogen-bond acceptors (Lipinski definition) is 7. The Morgan fingerprint density at radius 3 is 2.69 bits per heavy atom. The van der Waals surface area contributed by atoms with Gasteiger partial charge in [-0.2, -0.15) is 0 Å². The van der Waals surface area contributed by atoms with Crippen LogP contribution in [0.5, 0.6) is 11.5 Å². The van der Waals surface area contributed by atoms with Crippen molar-refractivity contribution < 1.29 is 23.0 Å². The number of hydrogen-bond donors (Lipinski definition) is 2. The normalized spacial score (nSPS) is 13.2. The number of carbonyl (C=O) groups is 1. The van der Waals surface area contributed by atoms with Crippen molar-refractivity contribution >= 4 is 55.4 Å². The summed E-state index contributed by atoms with van der Waals surface area (Å²) in [4.78, 5) is 23.7. The molecule has 2 aromatic heterocycles. The van der Waals surface area contributed by atoms with Crippen LogP contribution in [0.15, 0.2) is 29.4 Å². The van der Waals surface area contributed by atoms with Gasteiger partial charge in [0.25, 0.3) is 0 Å². The summed E-state index contributed by atoms with van der Waals surface area (Å²) in [6.45, 7) is 0.990. The molecule has 29 heavy (non-hydrogen) atoms. The number of amides is 1. The van der Waals surface area contributed by atoms with Gasteiger partial charge in [-0.15, -0.1) is 0 Å². The molecular formula is C18H12F2N4O3S2. The second kappa shape index (κ2) is 7.16. The molecule has 2 N–H and O–H groups in total. The smallest absolute Gasteiger partial charge is 0.236 e. The molecule has 0 fully saturated rings. The summed E-state index contributed by atoms with van der Waals surface area (Å²) in [6, 6.07) is 5.69. The number of rotatable bonds is 4. The lowest BCUT2D eigenvalue weighted by molar-refractivity contribution is -0.113. The van der Waals surface area contributed by atoms with Crippen LogP contribution in [0, 0.1) is 11.6 Å². The largest absolute Gasteiger partial charge is 0.486 e. The van der Waals surface area contributed by atoms with Crippen LogP contribution < -0.4 is 14.8 Å². The lowest BCUT2D eigenvalue weighted by Crippen LogP contribution is -2.15. The average molecular weight is 434 g/mol. The Kier molecular flexibility index (Phi) is 4.47. The van der Waals surface area contributed by atoms with Gasteiger partial charge in [0.05, 0.1) is 27.0 Å². The van der Waals surface area contributed by atoms with E-state index in [-0.39, 0.29) is 11.7 Å². The van der Waals surface area contributed by atoms with Crippen molar-refractivity contribution in [2.24, 2.45) is 0 Å². The number of thiazole rings is 1. The van der Waals surface area contributed by atoms with Gasteiger partial charge in [0.2, 0.25) is 5.91 Å². The molecule has 0 spiro atoms. The molecule has 3 heterocycles. The molecule has 1 aliphatic rings. The molecule has 0 aliphatic carbocycles. The highest BCUT2D eigenvalue weighted by Gasteiger charge is 2.16. The molecule has 4 aromatic rings. The monoisotopic (exact) mass is 434 g/mol. The summed E-state index contributed by atoms with van der Waals surface area (Å²) in [5, 5.41) is 3.60.